The van der Waals surface area contributed by atoms with E-state index in [1.807, 2.05) is 21.1 Å². The smallest absolute Gasteiger partial charge is 0.268 e. The Bertz CT molecular complexity index is 978. The lowest BCUT2D eigenvalue weighted by Crippen LogP contribution is -2.46. The van der Waals surface area contributed by atoms with Crippen molar-refractivity contribution in [1.29, 1.82) is 0 Å². The van der Waals surface area contributed by atoms with Gasteiger partial charge in [0.1, 0.15) is 13.2 Å². The molecular formula is C53H109N2O6P. The van der Waals surface area contributed by atoms with Crippen LogP contribution in [0.5, 0.6) is 0 Å². The molecule has 0 aliphatic heterocycles. The standard InChI is InChI=1S/C53H109N2O6P/c1-6-8-10-12-14-15-16-17-18-19-20-21-22-23-24-25-26-27-28-29-30-31-32-33-34-35-36-37-38-39-41-43-45-47-53(57)54-51(52(56)46-44-42-40-13-11-9-7-2)50-61-62(58,59)60-49-48-55(3,4)5/h51-52,56H,6-50H2,1-5H3,(H-,54,57,58,59). The number of phosphoric acid groups is 1. The molecular weight excluding hydrogens is 792 g/mol. The van der Waals surface area contributed by atoms with Crippen molar-refractivity contribution in [2.24, 2.45) is 0 Å². The third kappa shape index (κ3) is 47.5. The van der Waals surface area contributed by atoms with Crippen LogP contribution in [0.25, 0.3) is 0 Å². The number of likely N-dealkylation sites (N-methyl/N-ethyl adjacent to an activating group) is 1. The van der Waals surface area contributed by atoms with Crippen molar-refractivity contribution in [3.8, 4) is 0 Å². The van der Waals surface area contributed by atoms with Gasteiger partial charge in [0, 0.05) is 6.42 Å². The maximum Gasteiger partial charge on any atom is 0.268 e. The number of hydrogen-bond acceptors (Lipinski definition) is 6. The fourth-order valence-corrected chi connectivity index (χ4v) is 9.24. The topological polar surface area (TPSA) is 108 Å². The fourth-order valence-electron chi connectivity index (χ4n) is 8.51. The molecule has 372 valence electrons. The molecule has 3 atom stereocenters. The molecule has 0 fully saturated rings. The van der Waals surface area contributed by atoms with Crippen LogP contribution in [0.2, 0.25) is 0 Å². The van der Waals surface area contributed by atoms with E-state index >= 15 is 0 Å². The molecule has 0 aliphatic carbocycles. The van der Waals surface area contributed by atoms with E-state index in [9.17, 15) is 19.4 Å². The van der Waals surface area contributed by atoms with Crippen LogP contribution in [0.4, 0.5) is 0 Å². The Morgan fingerprint density at radius 1 is 0.500 bits per heavy atom. The fraction of sp³-hybridized carbons (Fsp3) is 0.981. The highest BCUT2D eigenvalue weighted by Gasteiger charge is 2.24. The van der Waals surface area contributed by atoms with E-state index in [2.05, 4.69) is 19.2 Å². The zero-order valence-corrected chi connectivity index (χ0v) is 43.3. The number of carbonyl (C=O) groups is 1. The van der Waals surface area contributed by atoms with Crippen LogP contribution < -0.4 is 10.2 Å². The van der Waals surface area contributed by atoms with E-state index in [-0.39, 0.29) is 19.1 Å². The molecule has 0 aromatic carbocycles. The molecule has 62 heavy (non-hydrogen) atoms. The second kappa shape index (κ2) is 45.6. The predicted octanol–water partition coefficient (Wildman–Crippen LogP) is 15.5. The number of aliphatic hydroxyl groups excluding tert-OH is 1. The minimum absolute atomic E-state index is 0.0155. The van der Waals surface area contributed by atoms with Gasteiger partial charge in [0.05, 0.1) is 39.9 Å². The van der Waals surface area contributed by atoms with Gasteiger partial charge in [-0.05, 0) is 12.8 Å². The van der Waals surface area contributed by atoms with Gasteiger partial charge in [0.25, 0.3) is 7.82 Å². The van der Waals surface area contributed by atoms with E-state index in [4.69, 9.17) is 9.05 Å². The average Bonchev–Trinajstić information content (AvgIpc) is 3.23. The van der Waals surface area contributed by atoms with Gasteiger partial charge in [0.2, 0.25) is 5.91 Å². The van der Waals surface area contributed by atoms with Crippen LogP contribution in [-0.4, -0.2) is 68.5 Å². The lowest BCUT2D eigenvalue weighted by Gasteiger charge is -2.30. The molecule has 0 saturated carbocycles. The number of nitrogens with zero attached hydrogens (tertiary/aromatic N) is 1. The van der Waals surface area contributed by atoms with Crippen LogP contribution in [0, 0.1) is 0 Å². The summed E-state index contributed by atoms with van der Waals surface area (Å²) in [4.78, 5) is 25.3. The van der Waals surface area contributed by atoms with Crippen LogP contribution in [0.15, 0.2) is 0 Å². The summed E-state index contributed by atoms with van der Waals surface area (Å²) >= 11 is 0. The van der Waals surface area contributed by atoms with E-state index in [1.165, 1.54) is 218 Å². The van der Waals surface area contributed by atoms with Gasteiger partial charge in [-0.3, -0.25) is 9.36 Å². The normalized spacial score (nSPS) is 14.0. The van der Waals surface area contributed by atoms with Crippen molar-refractivity contribution in [3.05, 3.63) is 0 Å². The Balaban J connectivity index is 3.78. The second-order valence-corrected chi connectivity index (χ2v) is 21.7. The first-order valence-electron chi connectivity index (χ1n) is 27.4. The molecule has 3 unspecified atom stereocenters. The zero-order valence-electron chi connectivity index (χ0n) is 42.4. The first kappa shape index (κ1) is 61.5. The molecule has 0 saturated heterocycles. The molecule has 0 radical (unpaired) electrons. The predicted molar refractivity (Wildman–Crippen MR) is 266 cm³/mol. The Labute approximate surface area is 387 Å². The SMILES string of the molecule is CCCCCCCCCCCCCCCCCCCCCCCCCCCCCCCCCCCC(=O)NC(COP(=O)([O-])OCC[N+](C)(C)C)C(O)CCCCCCCCC. The number of rotatable bonds is 51. The van der Waals surface area contributed by atoms with E-state index in [0.29, 0.717) is 23.9 Å². The van der Waals surface area contributed by atoms with Crippen molar-refractivity contribution in [2.75, 3.05) is 40.9 Å². The monoisotopic (exact) mass is 901 g/mol. The molecule has 0 rings (SSSR count). The molecule has 0 aromatic heterocycles. The number of carbonyl (C=O) groups excluding carboxylic acids is 1. The molecule has 9 heteroatoms. The van der Waals surface area contributed by atoms with Gasteiger partial charge >= 0.3 is 0 Å². The molecule has 0 aliphatic rings. The third-order valence-electron chi connectivity index (χ3n) is 12.8. The molecule has 8 nitrogen and oxygen atoms in total. The number of aliphatic hydroxyl groups is 1. The number of amides is 1. The number of nitrogens with one attached hydrogen (secondary N) is 1. The van der Waals surface area contributed by atoms with Crippen LogP contribution in [0.1, 0.15) is 284 Å². The van der Waals surface area contributed by atoms with Gasteiger partial charge in [0.15, 0.2) is 0 Å². The molecule has 0 bridgehead atoms. The van der Waals surface area contributed by atoms with Crippen molar-refractivity contribution in [2.45, 2.75) is 296 Å². The molecule has 0 heterocycles. The first-order chi connectivity index (χ1) is 30.0. The van der Waals surface area contributed by atoms with E-state index in [1.54, 1.807) is 0 Å². The Morgan fingerprint density at radius 2 is 0.790 bits per heavy atom. The van der Waals surface area contributed by atoms with E-state index in [0.717, 1.165) is 38.5 Å². The summed E-state index contributed by atoms with van der Waals surface area (Å²) < 4.78 is 23.2. The number of phosphoric ester groups is 1. The molecule has 2 N–H and O–H groups in total. The largest absolute Gasteiger partial charge is 0.756 e. The summed E-state index contributed by atoms with van der Waals surface area (Å²) in [7, 11) is 1.32. The Kier molecular flexibility index (Phi) is 45.3. The Morgan fingerprint density at radius 3 is 1.10 bits per heavy atom. The summed E-state index contributed by atoms with van der Waals surface area (Å²) in [5.74, 6) is -0.162. The summed E-state index contributed by atoms with van der Waals surface area (Å²) in [6, 6.07) is -0.792. The highest BCUT2D eigenvalue weighted by molar-refractivity contribution is 7.45. The van der Waals surface area contributed by atoms with Gasteiger partial charge in [-0.15, -0.1) is 0 Å². The number of unbranched alkanes of at least 4 members (excludes halogenated alkanes) is 38. The molecule has 1 amide bonds. The minimum Gasteiger partial charge on any atom is -0.756 e. The zero-order chi connectivity index (χ0) is 45.7. The van der Waals surface area contributed by atoms with Gasteiger partial charge in [-0.1, -0.05) is 264 Å². The maximum absolute atomic E-state index is 12.9. The average molecular weight is 901 g/mol. The lowest BCUT2D eigenvalue weighted by atomic mass is 10.0. The van der Waals surface area contributed by atoms with Gasteiger partial charge in [-0.25, -0.2) is 0 Å². The third-order valence-corrected chi connectivity index (χ3v) is 13.8. The Hall–Kier alpha value is -0.500. The summed E-state index contributed by atoms with van der Waals surface area (Å²) in [6.45, 7) is 4.70. The second-order valence-electron chi connectivity index (χ2n) is 20.3. The van der Waals surface area contributed by atoms with Crippen molar-refractivity contribution in [1.82, 2.24) is 5.32 Å². The van der Waals surface area contributed by atoms with E-state index < -0.39 is 20.0 Å². The lowest BCUT2D eigenvalue weighted by molar-refractivity contribution is -0.870. The summed E-state index contributed by atoms with van der Waals surface area (Å²) in [5.41, 5.74) is 0. The van der Waals surface area contributed by atoms with Gasteiger partial charge in [-0.2, -0.15) is 0 Å². The molecule has 0 spiro atoms. The molecule has 0 aromatic rings. The maximum atomic E-state index is 12.9. The summed E-state index contributed by atoms with van der Waals surface area (Å²) in [6.07, 6.45) is 53.3. The van der Waals surface area contributed by atoms with Crippen molar-refractivity contribution < 1.29 is 32.9 Å². The summed E-state index contributed by atoms with van der Waals surface area (Å²) in [5, 5.41) is 13.8. The number of hydrogen-bond donors (Lipinski definition) is 2. The minimum atomic E-state index is -4.55. The quantitative estimate of drug-likeness (QED) is 0.0358. The highest BCUT2D eigenvalue weighted by Crippen LogP contribution is 2.38. The van der Waals surface area contributed by atoms with Crippen molar-refractivity contribution >= 4 is 13.7 Å². The number of quaternary nitrogens is 1. The van der Waals surface area contributed by atoms with Crippen LogP contribution in [-0.2, 0) is 18.4 Å². The highest BCUT2D eigenvalue weighted by atomic mass is 31.2. The van der Waals surface area contributed by atoms with Gasteiger partial charge < -0.3 is 28.8 Å². The van der Waals surface area contributed by atoms with Crippen LogP contribution in [0.3, 0.4) is 0 Å². The van der Waals surface area contributed by atoms with Crippen molar-refractivity contribution in [3.63, 3.8) is 0 Å². The first-order valence-corrected chi connectivity index (χ1v) is 28.8. The van der Waals surface area contributed by atoms with Crippen LogP contribution >= 0.6 is 7.82 Å².